The average Bonchev–Trinajstić information content (AvgIpc) is 2.67. The van der Waals surface area contributed by atoms with Gasteiger partial charge >= 0.3 is 6.09 Å². The molecule has 2 unspecified atom stereocenters. The summed E-state index contributed by atoms with van der Waals surface area (Å²) in [7, 11) is 0. The highest BCUT2D eigenvalue weighted by molar-refractivity contribution is 7.80. The third-order valence-electron chi connectivity index (χ3n) is 4.65. The van der Waals surface area contributed by atoms with E-state index in [2.05, 4.69) is 23.3 Å². The Bertz CT molecular complexity index is 817. The number of carbonyl (C=O) groups excluding carboxylic acids is 3. The molecule has 0 saturated carbocycles. The monoisotopic (exact) mass is 481 g/mol. The van der Waals surface area contributed by atoms with Crippen molar-refractivity contribution in [3.05, 3.63) is 29.8 Å². The second kappa shape index (κ2) is 12.2. The predicted molar refractivity (Wildman–Crippen MR) is 132 cm³/mol. The number of nitrogens with zero attached hydrogens (tertiary/aromatic N) is 1. The van der Waals surface area contributed by atoms with Crippen LogP contribution in [0.4, 0.5) is 4.79 Å². The number of alkyl carbamates (subject to hydrolysis) is 1. The number of carbonyl (C=O) groups is 3. The van der Waals surface area contributed by atoms with E-state index in [0.717, 1.165) is 12.8 Å². The fourth-order valence-corrected chi connectivity index (χ4v) is 3.49. The summed E-state index contributed by atoms with van der Waals surface area (Å²) in [5, 5.41) is 15.5. The molecule has 1 rings (SSSR count). The van der Waals surface area contributed by atoms with Crippen LogP contribution in [0.25, 0.3) is 0 Å². The van der Waals surface area contributed by atoms with E-state index in [1.807, 2.05) is 27.7 Å². The molecule has 0 fully saturated rings. The molecule has 186 valence electrons. The molecule has 9 heteroatoms. The molecule has 0 aromatic heterocycles. The number of hydrogen-bond acceptors (Lipinski definition) is 6. The second-order valence-corrected chi connectivity index (χ2v) is 10.3. The zero-order valence-electron chi connectivity index (χ0n) is 20.8. The second-order valence-electron chi connectivity index (χ2n) is 9.90. The number of benzene rings is 1. The Balaban J connectivity index is 3.40. The number of amides is 3. The summed E-state index contributed by atoms with van der Waals surface area (Å²) in [6.45, 7) is 13.1. The van der Waals surface area contributed by atoms with Gasteiger partial charge in [-0.1, -0.05) is 25.5 Å². The lowest BCUT2D eigenvalue weighted by Gasteiger charge is -2.43. The van der Waals surface area contributed by atoms with E-state index in [1.165, 1.54) is 17.0 Å². The largest absolute Gasteiger partial charge is 0.508 e. The quantitative estimate of drug-likeness (QED) is 0.317. The van der Waals surface area contributed by atoms with E-state index in [9.17, 15) is 19.5 Å². The summed E-state index contributed by atoms with van der Waals surface area (Å²) in [5.74, 6) is -0.859. The normalized spacial score (nSPS) is 13.6. The van der Waals surface area contributed by atoms with Gasteiger partial charge in [-0.05, 0) is 65.7 Å². The molecule has 0 spiro atoms. The van der Waals surface area contributed by atoms with Crippen molar-refractivity contribution in [2.24, 2.45) is 0 Å². The Morgan fingerprint density at radius 2 is 1.79 bits per heavy atom. The first kappa shape index (κ1) is 28.6. The number of ether oxygens (including phenoxy) is 1. The Kier molecular flexibility index (Phi) is 10.5. The van der Waals surface area contributed by atoms with Crippen molar-refractivity contribution in [3.8, 4) is 5.75 Å². The summed E-state index contributed by atoms with van der Waals surface area (Å²) in [6.07, 6.45) is 0.951. The van der Waals surface area contributed by atoms with Crippen molar-refractivity contribution >= 4 is 30.5 Å². The Labute approximate surface area is 202 Å². The molecule has 2 atom stereocenters. The molecule has 8 nitrogen and oxygen atoms in total. The maximum Gasteiger partial charge on any atom is 0.408 e. The number of phenols is 1. The van der Waals surface area contributed by atoms with Gasteiger partial charge in [-0.2, -0.15) is 12.6 Å². The minimum absolute atomic E-state index is 0.00880. The topological polar surface area (TPSA) is 108 Å². The standard InChI is InChI=1S/C24H39N3O5S/c1-8-9-13-25-20(29)19(16-11-10-12-17(28)14-16)27(23(2,3)4)21(30)18(15-33)26-22(31)32-24(5,6)7/h10-12,14,18-19,28,33H,8-9,13,15H2,1-7H3,(H,25,29)(H,26,31). The summed E-state index contributed by atoms with van der Waals surface area (Å²) in [5.41, 5.74) is -1.07. The molecule has 3 N–H and O–H groups in total. The average molecular weight is 482 g/mol. The summed E-state index contributed by atoms with van der Waals surface area (Å²) >= 11 is 4.27. The molecule has 0 aliphatic rings. The van der Waals surface area contributed by atoms with Gasteiger partial charge in [0.1, 0.15) is 23.4 Å². The van der Waals surface area contributed by atoms with Gasteiger partial charge < -0.3 is 25.4 Å². The molecule has 1 aromatic rings. The van der Waals surface area contributed by atoms with Gasteiger partial charge in [-0.3, -0.25) is 9.59 Å². The van der Waals surface area contributed by atoms with Crippen LogP contribution < -0.4 is 10.6 Å². The predicted octanol–water partition coefficient (Wildman–Crippen LogP) is 3.80. The van der Waals surface area contributed by atoms with Crippen LogP contribution in [-0.4, -0.2) is 57.4 Å². The van der Waals surface area contributed by atoms with E-state index < -0.39 is 35.2 Å². The van der Waals surface area contributed by atoms with Crippen molar-refractivity contribution in [2.45, 2.75) is 84.5 Å². The van der Waals surface area contributed by atoms with Crippen LogP contribution in [0.5, 0.6) is 5.75 Å². The molecular weight excluding hydrogens is 442 g/mol. The van der Waals surface area contributed by atoms with Crippen LogP contribution in [0.3, 0.4) is 0 Å². The van der Waals surface area contributed by atoms with E-state index in [-0.39, 0.29) is 17.4 Å². The minimum atomic E-state index is -1.02. The van der Waals surface area contributed by atoms with E-state index in [4.69, 9.17) is 4.74 Å². The van der Waals surface area contributed by atoms with Crippen molar-refractivity contribution in [1.82, 2.24) is 15.5 Å². The van der Waals surface area contributed by atoms with Gasteiger partial charge in [0.25, 0.3) is 0 Å². The Morgan fingerprint density at radius 3 is 2.27 bits per heavy atom. The van der Waals surface area contributed by atoms with Crippen molar-refractivity contribution in [2.75, 3.05) is 12.3 Å². The fraction of sp³-hybridized carbons (Fsp3) is 0.625. The van der Waals surface area contributed by atoms with Crippen molar-refractivity contribution in [1.29, 1.82) is 0 Å². The van der Waals surface area contributed by atoms with Crippen LogP contribution in [0, 0.1) is 0 Å². The summed E-state index contributed by atoms with van der Waals surface area (Å²) in [4.78, 5) is 40.8. The number of hydrogen-bond donors (Lipinski definition) is 4. The number of nitrogens with one attached hydrogen (secondary N) is 2. The van der Waals surface area contributed by atoms with Crippen LogP contribution in [-0.2, 0) is 14.3 Å². The maximum atomic E-state index is 13.7. The first-order chi connectivity index (χ1) is 15.2. The molecule has 0 saturated heterocycles. The molecule has 3 amide bonds. The van der Waals surface area contributed by atoms with Crippen LogP contribution in [0.1, 0.15) is 72.9 Å². The SMILES string of the molecule is CCCCNC(=O)C(c1cccc(O)c1)N(C(=O)C(CS)NC(=O)OC(C)(C)C)C(C)(C)C. The molecule has 0 bridgehead atoms. The first-order valence-electron chi connectivity index (χ1n) is 11.2. The van der Waals surface area contributed by atoms with Crippen LogP contribution >= 0.6 is 12.6 Å². The van der Waals surface area contributed by atoms with E-state index in [0.29, 0.717) is 12.1 Å². The minimum Gasteiger partial charge on any atom is -0.508 e. The van der Waals surface area contributed by atoms with Gasteiger partial charge in [-0.15, -0.1) is 0 Å². The lowest BCUT2D eigenvalue weighted by Crippen LogP contribution is -2.59. The van der Waals surface area contributed by atoms with Gasteiger partial charge in [-0.25, -0.2) is 4.79 Å². The zero-order valence-corrected chi connectivity index (χ0v) is 21.7. The lowest BCUT2D eigenvalue weighted by molar-refractivity contribution is -0.148. The highest BCUT2D eigenvalue weighted by Crippen LogP contribution is 2.31. The molecular formula is C24H39N3O5S. The molecule has 0 heterocycles. The number of phenolic OH excluding ortho intramolecular Hbond substituents is 1. The summed E-state index contributed by atoms with van der Waals surface area (Å²) in [6, 6.07) is 4.23. The van der Waals surface area contributed by atoms with Crippen molar-refractivity contribution < 1.29 is 24.2 Å². The molecule has 0 radical (unpaired) electrons. The third-order valence-corrected chi connectivity index (χ3v) is 5.02. The molecule has 1 aromatic carbocycles. The first-order valence-corrected chi connectivity index (χ1v) is 11.8. The number of unbranched alkanes of at least 4 members (excludes halogenated alkanes) is 1. The number of rotatable bonds is 9. The lowest BCUT2D eigenvalue weighted by atomic mass is 9.95. The molecule has 33 heavy (non-hydrogen) atoms. The maximum absolute atomic E-state index is 13.7. The Morgan fingerprint density at radius 1 is 1.15 bits per heavy atom. The smallest absolute Gasteiger partial charge is 0.408 e. The molecule has 0 aliphatic heterocycles. The molecule has 0 aliphatic carbocycles. The van der Waals surface area contributed by atoms with Gasteiger partial charge in [0, 0.05) is 17.8 Å². The highest BCUT2D eigenvalue weighted by Gasteiger charge is 2.41. The fourth-order valence-electron chi connectivity index (χ4n) is 3.25. The third kappa shape index (κ3) is 9.15. The van der Waals surface area contributed by atoms with Crippen LogP contribution in [0.2, 0.25) is 0 Å². The van der Waals surface area contributed by atoms with Gasteiger partial charge in [0.05, 0.1) is 0 Å². The number of thiol groups is 1. The van der Waals surface area contributed by atoms with Crippen molar-refractivity contribution in [3.63, 3.8) is 0 Å². The van der Waals surface area contributed by atoms with Gasteiger partial charge in [0.15, 0.2) is 0 Å². The van der Waals surface area contributed by atoms with Crippen LogP contribution in [0.15, 0.2) is 24.3 Å². The Hall–Kier alpha value is -2.42. The summed E-state index contributed by atoms with van der Waals surface area (Å²) < 4.78 is 5.29. The van der Waals surface area contributed by atoms with E-state index >= 15 is 0 Å². The van der Waals surface area contributed by atoms with Gasteiger partial charge in [0.2, 0.25) is 11.8 Å². The van der Waals surface area contributed by atoms with E-state index in [1.54, 1.807) is 32.9 Å². The number of aromatic hydroxyl groups is 1. The highest BCUT2D eigenvalue weighted by atomic mass is 32.1. The zero-order chi connectivity index (χ0) is 25.4.